The minimum atomic E-state index is -1.06. The summed E-state index contributed by atoms with van der Waals surface area (Å²) in [6.07, 6.45) is 3.08. The van der Waals surface area contributed by atoms with Crippen molar-refractivity contribution in [2.45, 2.75) is 19.4 Å². The van der Waals surface area contributed by atoms with Gasteiger partial charge < -0.3 is 10.4 Å². The monoisotopic (exact) mass is 301 g/mol. The van der Waals surface area contributed by atoms with Gasteiger partial charge in [0.25, 0.3) is 0 Å². The molecular weight excluding hydrogens is 289 g/mol. The van der Waals surface area contributed by atoms with Crippen molar-refractivity contribution in [3.8, 4) is 0 Å². The highest BCUT2D eigenvalue weighted by atomic mass is 35.5. The van der Waals surface area contributed by atoms with Crippen molar-refractivity contribution in [3.63, 3.8) is 0 Å². The summed E-state index contributed by atoms with van der Waals surface area (Å²) >= 11 is 11.6. The highest BCUT2D eigenvalue weighted by Gasteiger charge is 2.15. The number of carbonyl (C=O) groups excluding carboxylic acids is 1. The summed E-state index contributed by atoms with van der Waals surface area (Å²) in [6.45, 7) is 1.68. The highest BCUT2D eigenvalue weighted by molar-refractivity contribution is 6.34. The molecule has 0 bridgehead atoms. The van der Waals surface area contributed by atoms with E-state index in [1.807, 2.05) is 0 Å². The Morgan fingerprint density at radius 3 is 2.37 bits per heavy atom. The zero-order valence-corrected chi connectivity index (χ0v) is 11.7. The van der Waals surface area contributed by atoms with Gasteiger partial charge in [0.1, 0.15) is 6.04 Å². The second-order valence-corrected chi connectivity index (χ2v) is 4.72. The van der Waals surface area contributed by atoms with Gasteiger partial charge in [0.2, 0.25) is 5.91 Å². The average molecular weight is 302 g/mol. The number of carboxylic acid groups (broad SMARTS) is 1. The number of nitrogens with one attached hydrogen (secondary N) is 1. The number of aliphatic carboxylic acids is 1. The fourth-order valence-electron chi connectivity index (χ4n) is 1.40. The molecule has 4 nitrogen and oxygen atoms in total. The third-order valence-corrected chi connectivity index (χ3v) is 2.77. The van der Waals surface area contributed by atoms with Gasteiger partial charge in [-0.2, -0.15) is 0 Å². The third kappa shape index (κ3) is 5.32. The Kier molecular flexibility index (Phi) is 5.86. The SMILES string of the molecule is CCC(NC(=O)/C=C/c1cc(Cl)cc(Cl)c1)C(=O)O. The Morgan fingerprint density at radius 2 is 1.89 bits per heavy atom. The molecule has 1 aromatic rings. The maximum absolute atomic E-state index is 11.5. The van der Waals surface area contributed by atoms with Gasteiger partial charge in [-0.25, -0.2) is 4.79 Å². The Hall–Kier alpha value is -1.52. The molecule has 0 aliphatic heterocycles. The topological polar surface area (TPSA) is 66.4 Å². The molecule has 1 unspecified atom stereocenters. The van der Waals surface area contributed by atoms with E-state index in [4.69, 9.17) is 28.3 Å². The van der Waals surface area contributed by atoms with Crippen molar-refractivity contribution in [2.75, 3.05) is 0 Å². The molecule has 102 valence electrons. The Bertz CT molecular complexity index is 494. The number of rotatable bonds is 5. The van der Waals surface area contributed by atoms with Gasteiger partial charge in [-0.3, -0.25) is 4.79 Å². The van der Waals surface area contributed by atoms with Gasteiger partial charge in [0, 0.05) is 16.1 Å². The molecule has 2 N–H and O–H groups in total. The molecule has 0 saturated carbocycles. The fourth-order valence-corrected chi connectivity index (χ4v) is 1.94. The van der Waals surface area contributed by atoms with Crippen molar-refractivity contribution < 1.29 is 14.7 Å². The number of halogens is 2. The molecule has 0 aliphatic carbocycles. The van der Waals surface area contributed by atoms with Crippen LogP contribution in [0.1, 0.15) is 18.9 Å². The van der Waals surface area contributed by atoms with Gasteiger partial charge in [0.05, 0.1) is 0 Å². The molecule has 0 saturated heterocycles. The predicted molar refractivity (Wildman–Crippen MR) is 75.4 cm³/mol. The molecular formula is C13H13Cl2NO3. The summed E-state index contributed by atoms with van der Waals surface area (Å²) in [5, 5.41) is 12.1. The lowest BCUT2D eigenvalue weighted by molar-refractivity contribution is -0.141. The number of carbonyl (C=O) groups is 2. The molecule has 0 heterocycles. The van der Waals surface area contributed by atoms with Crippen LogP contribution < -0.4 is 5.32 Å². The highest BCUT2D eigenvalue weighted by Crippen LogP contribution is 2.19. The molecule has 0 radical (unpaired) electrons. The van der Waals surface area contributed by atoms with Crippen LogP contribution in [-0.2, 0) is 9.59 Å². The van der Waals surface area contributed by atoms with E-state index >= 15 is 0 Å². The van der Waals surface area contributed by atoms with Crippen molar-refractivity contribution in [3.05, 3.63) is 39.9 Å². The smallest absolute Gasteiger partial charge is 0.326 e. The van der Waals surface area contributed by atoms with Gasteiger partial charge in [-0.15, -0.1) is 0 Å². The van der Waals surface area contributed by atoms with E-state index in [1.54, 1.807) is 25.1 Å². The maximum Gasteiger partial charge on any atom is 0.326 e. The van der Waals surface area contributed by atoms with E-state index in [0.717, 1.165) is 0 Å². The van der Waals surface area contributed by atoms with Crippen LogP contribution in [0.15, 0.2) is 24.3 Å². The summed E-state index contributed by atoms with van der Waals surface area (Å²) < 4.78 is 0. The standard InChI is InChI=1S/C13H13Cl2NO3/c1-2-11(13(18)19)16-12(17)4-3-8-5-9(14)7-10(15)6-8/h3-7,11H,2H2,1H3,(H,16,17)(H,18,19)/b4-3+. The molecule has 1 amide bonds. The number of benzene rings is 1. The fraction of sp³-hybridized carbons (Fsp3) is 0.231. The summed E-state index contributed by atoms with van der Waals surface area (Å²) in [5.74, 6) is -1.54. The number of carboxylic acids is 1. The van der Waals surface area contributed by atoms with Crippen LogP contribution in [0.3, 0.4) is 0 Å². The van der Waals surface area contributed by atoms with Gasteiger partial charge in [-0.1, -0.05) is 30.1 Å². The molecule has 19 heavy (non-hydrogen) atoms. The van der Waals surface area contributed by atoms with Gasteiger partial charge in [-0.05, 0) is 36.3 Å². The Morgan fingerprint density at radius 1 is 1.32 bits per heavy atom. The molecule has 1 atom stereocenters. The van der Waals surface area contributed by atoms with E-state index in [2.05, 4.69) is 5.32 Å². The molecule has 6 heteroatoms. The molecule has 0 aliphatic rings. The first-order valence-corrected chi connectivity index (χ1v) is 6.35. The van der Waals surface area contributed by atoms with E-state index < -0.39 is 17.9 Å². The van der Waals surface area contributed by atoms with Crippen LogP contribution in [0.2, 0.25) is 10.0 Å². The minimum absolute atomic E-state index is 0.317. The lowest BCUT2D eigenvalue weighted by Gasteiger charge is -2.09. The molecule has 0 fully saturated rings. The van der Waals surface area contributed by atoms with Crippen LogP contribution in [0.5, 0.6) is 0 Å². The normalized spacial score (nSPS) is 12.4. The third-order valence-electron chi connectivity index (χ3n) is 2.33. The van der Waals surface area contributed by atoms with E-state index in [9.17, 15) is 9.59 Å². The molecule has 0 spiro atoms. The second-order valence-electron chi connectivity index (χ2n) is 3.84. The minimum Gasteiger partial charge on any atom is -0.480 e. The molecule has 1 rings (SSSR count). The van der Waals surface area contributed by atoms with Crippen LogP contribution in [0.25, 0.3) is 6.08 Å². The van der Waals surface area contributed by atoms with Crippen LogP contribution in [-0.4, -0.2) is 23.0 Å². The van der Waals surface area contributed by atoms with Crippen molar-refractivity contribution in [2.24, 2.45) is 0 Å². The lowest BCUT2D eigenvalue weighted by Crippen LogP contribution is -2.39. The van der Waals surface area contributed by atoms with E-state index in [0.29, 0.717) is 22.0 Å². The van der Waals surface area contributed by atoms with Crippen molar-refractivity contribution in [1.29, 1.82) is 0 Å². The van der Waals surface area contributed by atoms with Crippen molar-refractivity contribution in [1.82, 2.24) is 5.32 Å². The van der Waals surface area contributed by atoms with E-state index in [1.165, 1.54) is 12.2 Å². The first-order valence-electron chi connectivity index (χ1n) is 5.60. The zero-order chi connectivity index (χ0) is 14.4. The van der Waals surface area contributed by atoms with Crippen LogP contribution in [0, 0.1) is 0 Å². The van der Waals surface area contributed by atoms with Crippen molar-refractivity contribution >= 4 is 41.2 Å². The average Bonchev–Trinajstić information content (AvgIpc) is 2.32. The zero-order valence-electron chi connectivity index (χ0n) is 10.2. The summed E-state index contributed by atoms with van der Waals surface area (Å²) in [6, 6.07) is 3.98. The maximum atomic E-state index is 11.5. The van der Waals surface area contributed by atoms with E-state index in [-0.39, 0.29) is 0 Å². The van der Waals surface area contributed by atoms with Crippen LogP contribution >= 0.6 is 23.2 Å². The largest absolute Gasteiger partial charge is 0.480 e. The number of hydrogen-bond donors (Lipinski definition) is 2. The summed E-state index contributed by atoms with van der Waals surface area (Å²) in [4.78, 5) is 22.3. The van der Waals surface area contributed by atoms with Crippen LogP contribution in [0.4, 0.5) is 0 Å². The molecule has 0 aromatic heterocycles. The van der Waals surface area contributed by atoms with Gasteiger partial charge in [0.15, 0.2) is 0 Å². The first kappa shape index (κ1) is 15.5. The lowest BCUT2D eigenvalue weighted by atomic mass is 10.2. The molecule has 1 aromatic carbocycles. The Balaban J connectivity index is 2.70. The number of hydrogen-bond acceptors (Lipinski definition) is 2. The van der Waals surface area contributed by atoms with Gasteiger partial charge >= 0.3 is 5.97 Å². The quantitative estimate of drug-likeness (QED) is 0.822. The Labute approximate surface area is 121 Å². The summed E-state index contributed by atoms with van der Waals surface area (Å²) in [7, 11) is 0. The summed E-state index contributed by atoms with van der Waals surface area (Å²) in [5.41, 5.74) is 0.663. The number of amides is 1. The predicted octanol–water partition coefficient (Wildman–Crippen LogP) is 2.99. The second kappa shape index (κ2) is 7.16. The first-order chi connectivity index (χ1) is 8.92.